The molecule has 1 atom stereocenters. The minimum atomic E-state index is -0.755. The molecule has 1 aliphatic heterocycles. The number of ether oxygens (including phenoxy) is 1. The summed E-state index contributed by atoms with van der Waals surface area (Å²) in [5, 5.41) is 21.6. The quantitative estimate of drug-likeness (QED) is 0.376. The standard InChI is InChI=1S/C24H19N3O5S2/c1-3-32-23(31)20-12(2)25-24(34-20)27-18(13-8-10-14(28)11-9-13)17(19(29)22(27)30)21-26-15-6-4-5-7-16(15)33-21/h4-11,18,28-29H,3H2,1-2H3. The summed E-state index contributed by atoms with van der Waals surface area (Å²) in [4.78, 5) is 36.5. The summed E-state index contributed by atoms with van der Waals surface area (Å²) in [6.45, 7) is 3.60. The van der Waals surface area contributed by atoms with Crippen molar-refractivity contribution in [2.24, 2.45) is 0 Å². The van der Waals surface area contributed by atoms with Crippen molar-refractivity contribution in [3.8, 4) is 5.75 Å². The number of esters is 1. The Bertz CT molecular complexity index is 1420. The molecular formula is C24H19N3O5S2. The zero-order valence-corrected chi connectivity index (χ0v) is 19.8. The average Bonchev–Trinajstić information content (AvgIpc) is 3.48. The maximum absolute atomic E-state index is 13.4. The second-order valence-electron chi connectivity index (χ2n) is 7.55. The van der Waals surface area contributed by atoms with Crippen LogP contribution in [0.1, 0.15) is 38.9 Å². The number of aromatic hydroxyl groups is 1. The number of hydrogen-bond donors (Lipinski definition) is 2. The number of hydrogen-bond acceptors (Lipinski definition) is 9. The molecule has 0 saturated carbocycles. The summed E-state index contributed by atoms with van der Waals surface area (Å²) in [7, 11) is 0. The number of carbonyl (C=O) groups excluding carboxylic acids is 2. The van der Waals surface area contributed by atoms with E-state index in [9.17, 15) is 19.8 Å². The summed E-state index contributed by atoms with van der Waals surface area (Å²) >= 11 is 2.40. The van der Waals surface area contributed by atoms with Crippen LogP contribution in [0.5, 0.6) is 5.75 Å². The normalized spacial score (nSPS) is 16.0. The van der Waals surface area contributed by atoms with Crippen LogP contribution in [0.3, 0.4) is 0 Å². The van der Waals surface area contributed by atoms with E-state index in [1.54, 1.807) is 26.0 Å². The number of nitrogens with zero attached hydrogens (tertiary/aromatic N) is 3. The van der Waals surface area contributed by atoms with Gasteiger partial charge in [0.05, 0.1) is 34.1 Å². The first kappa shape index (κ1) is 22.1. The number of thiazole rings is 2. The van der Waals surface area contributed by atoms with E-state index >= 15 is 0 Å². The summed E-state index contributed by atoms with van der Waals surface area (Å²) in [6.07, 6.45) is 0. The van der Waals surface area contributed by atoms with Gasteiger partial charge in [0, 0.05) is 0 Å². The summed E-state index contributed by atoms with van der Waals surface area (Å²) in [6, 6.07) is 13.2. The molecule has 1 amide bonds. The van der Waals surface area contributed by atoms with E-state index < -0.39 is 23.7 Å². The maximum atomic E-state index is 13.4. The van der Waals surface area contributed by atoms with E-state index in [0.717, 1.165) is 21.6 Å². The lowest BCUT2D eigenvalue weighted by molar-refractivity contribution is -0.117. The predicted octanol–water partition coefficient (Wildman–Crippen LogP) is 5.00. The molecule has 5 rings (SSSR count). The van der Waals surface area contributed by atoms with Gasteiger partial charge in [-0.05, 0) is 43.7 Å². The van der Waals surface area contributed by atoms with Gasteiger partial charge in [0.2, 0.25) is 0 Å². The molecule has 34 heavy (non-hydrogen) atoms. The third-order valence-electron chi connectivity index (χ3n) is 5.39. The highest BCUT2D eigenvalue weighted by Crippen LogP contribution is 2.48. The molecule has 0 fully saturated rings. The molecule has 1 aliphatic rings. The molecule has 0 bridgehead atoms. The first-order valence-corrected chi connectivity index (χ1v) is 12.1. The van der Waals surface area contributed by atoms with Crippen LogP contribution in [0.15, 0.2) is 54.3 Å². The average molecular weight is 494 g/mol. The van der Waals surface area contributed by atoms with Crippen LogP contribution in [0.2, 0.25) is 0 Å². The molecule has 1 unspecified atom stereocenters. The second-order valence-corrected chi connectivity index (χ2v) is 9.56. The van der Waals surface area contributed by atoms with E-state index in [2.05, 4.69) is 9.97 Å². The molecule has 0 saturated heterocycles. The van der Waals surface area contributed by atoms with Crippen LogP contribution in [0, 0.1) is 6.92 Å². The third kappa shape index (κ3) is 3.61. The van der Waals surface area contributed by atoms with Gasteiger partial charge in [-0.2, -0.15) is 0 Å². The summed E-state index contributed by atoms with van der Waals surface area (Å²) < 4.78 is 6.03. The Hall–Kier alpha value is -3.76. The topological polar surface area (TPSA) is 113 Å². The lowest BCUT2D eigenvalue weighted by atomic mass is 10.00. The molecule has 0 spiro atoms. The highest BCUT2D eigenvalue weighted by atomic mass is 32.1. The monoisotopic (exact) mass is 493 g/mol. The van der Waals surface area contributed by atoms with E-state index in [1.165, 1.54) is 28.4 Å². The Balaban J connectivity index is 1.67. The van der Waals surface area contributed by atoms with Crippen molar-refractivity contribution in [2.45, 2.75) is 19.9 Å². The van der Waals surface area contributed by atoms with Crippen LogP contribution >= 0.6 is 22.7 Å². The van der Waals surface area contributed by atoms with Crippen molar-refractivity contribution < 1.29 is 24.5 Å². The van der Waals surface area contributed by atoms with Crippen molar-refractivity contribution in [3.63, 3.8) is 0 Å². The van der Waals surface area contributed by atoms with Crippen LogP contribution in [-0.2, 0) is 9.53 Å². The number of anilines is 1. The molecule has 172 valence electrons. The molecular weight excluding hydrogens is 474 g/mol. The number of aliphatic hydroxyl groups excluding tert-OH is 1. The predicted molar refractivity (Wildman–Crippen MR) is 130 cm³/mol. The highest BCUT2D eigenvalue weighted by molar-refractivity contribution is 7.19. The number of aliphatic hydroxyl groups is 1. The molecule has 0 aliphatic carbocycles. The number of amides is 1. The Morgan fingerprint density at radius 2 is 1.82 bits per heavy atom. The molecule has 2 N–H and O–H groups in total. The van der Waals surface area contributed by atoms with Crippen molar-refractivity contribution >= 4 is 55.5 Å². The molecule has 0 radical (unpaired) electrons. The first-order valence-electron chi connectivity index (χ1n) is 10.4. The van der Waals surface area contributed by atoms with Crippen LogP contribution in [0.25, 0.3) is 15.8 Å². The number of carbonyl (C=O) groups is 2. The zero-order valence-electron chi connectivity index (χ0n) is 18.2. The lowest BCUT2D eigenvalue weighted by Crippen LogP contribution is -2.30. The summed E-state index contributed by atoms with van der Waals surface area (Å²) in [5.41, 5.74) is 2.19. The Morgan fingerprint density at radius 3 is 2.53 bits per heavy atom. The first-order chi connectivity index (χ1) is 16.4. The number of aromatic nitrogens is 2. The fraction of sp³-hybridized carbons (Fsp3) is 0.167. The van der Waals surface area contributed by atoms with Gasteiger partial charge in [0.25, 0.3) is 5.91 Å². The zero-order chi connectivity index (χ0) is 24.0. The van der Waals surface area contributed by atoms with Crippen LogP contribution < -0.4 is 4.90 Å². The number of benzene rings is 2. The van der Waals surface area contributed by atoms with Crippen molar-refractivity contribution in [1.29, 1.82) is 0 Å². The van der Waals surface area contributed by atoms with Gasteiger partial charge in [0.1, 0.15) is 15.6 Å². The number of fused-ring (bicyclic) bond motifs is 1. The minimum Gasteiger partial charge on any atom is -0.508 e. The van der Waals surface area contributed by atoms with E-state index in [4.69, 9.17) is 4.74 Å². The van der Waals surface area contributed by atoms with Gasteiger partial charge in [-0.3, -0.25) is 9.69 Å². The molecule has 3 heterocycles. The summed E-state index contributed by atoms with van der Waals surface area (Å²) in [5.74, 6) is -1.51. The number of phenolic OH excluding ortho intramolecular Hbond substituents is 1. The Kier molecular flexibility index (Phi) is 5.54. The van der Waals surface area contributed by atoms with E-state index in [1.807, 2.05) is 24.3 Å². The van der Waals surface area contributed by atoms with Gasteiger partial charge in [-0.15, -0.1) is 11.3 Å². The second kappa shape index (κ2) is 8.54. The van der Waals surface area contributed by atoms with Crippen LogP contribution in [0.4, 0.5) is 5.13 Å². The number of para-hydroxylation sites is 1. The van der Waals surface area contributed by atoms with Gasteiger partial charge < -0.3 is 14.9 Å². The van der Waals surface area contributed by atoms with Crippen LogP contribution in [-0.4, -0.2) is 38.7 Å². The SMILES string of the molecule is CCOC(=O)c1sc(N2C(=O)C(O)=C(c3nc4ccccc4s3)C2c2ccc(O)cc2)nc1C. The lowest BCUT2D eigenvalue weighted by Gasteiger charge is -2.24. The Labute approximate surface area is 202 Å². The fourth-order valence-electron chi connectivity index (χ4n) is 3.85. The number of phenols is 1. The van der Waals surface area contributed by atoms with Gasteiger partial charge >= 0.3 is 5.97 Å². The highest BCUT2D eigenvalue weighted by Gasteiger charge is 2.45. The Morgan fingerprint density at radius 1 is 1.09 bits per heavy atom. The molecule has 8 nitrogen and oxygen atoms in total. The van der Waals surface area contributed by atoms with Gasteiger partial charge in [-0.25, -0.2) is 14.8 Å². The van der Waals surface area contributed by atoms with Gasteiger partial charge in [-0.1, -0.05) is 35.6 Å². The van der Waals surface area contributed by atoms with E-state index in [0.29, 0.717) is 26.7 Å². The van der Waals surface area contributed by atoms with Crippen molar-refractivity contribution in [1.82, 2.24) is 9.97 Å². The smallest absolute Gasteiger partial charge is 0.350 e. The van der Waals surface area contributed by atoms with Crippen molar-refractivity contribution in [3.05, 3.63) is 75.4 Å². The minimum absolute atomic E-state index is 0.0732. The molecule has 2 aromatic carbocycles. The molecule has 4 aromatic rings. The molecule has 2 aromatic heterocycles. The number of rotatable bonds is 5. The van der Waals surface area contributed by atoms with E-state index in [-0.39, 0.29) is 17.5 Å². The third-order valence-corrected chi connectivity index (χ3v) is 7.60. The number of aryl methyl sites for hydroxylation is 1. The largest absolute Gasteiger partial charge is 0.508 e. The fourth-order valence-corrected chi connectivity index (χ4v) is 5.87. The van der Waals surface area contributed by atoms with Gasteiger partial charge in [0.15, 0.2) is 10.9 Å². The molecule has 10 heteroatoms. The van der Waals surface area contributed by atoms with Crippen molar-refractivity contribution in [2.75, 3.05) is 11.5 Å². The maximum Gasteiger partial charge on any atom is 0.350 e.